The van der Waals surface area contributed by atoms with E-state index in [4.69, 9.17) is 4.74 Å². The van der Waals surface area contributed by atoms with Crippen molar-refractivity contribution in [2.45, 2.75) is 40.0 Å². The number of benzene rings is 1. The Bertz CT molecular complexity index is 291. The summed E-state index contributed by atoms with van der Waals surface area (Å²) in [6, 6.07) is 6.43. The Balaban J connectivity index is 3.02. The molecule has 0 radical (unpaired) electrons. The molecule has 0 fully saturated rings. The summed E-state index contributed by atoms with van der Waals surface area (Å²) >= 11 is 0. The zero-order chi connectivity index (χ0) is 10.6. The van der Waals surface area contributed by atoms with Crippen molar-refractivity contribution in [3.8, 4) is 5.75 Å². The zero-order valence-corrected chi connectivity index (χ0v) is 9.63. The fourth-order valence-electron chi connectivity index (χ4n) is 1.56. The second-order valence-corrected chi connectivity index (χ2v) is 3.78. The van der Waals surface area contributed by atoms with E-state index in [2.05, 4.69) is 39.0 Å². The van der Waals surface area contributed by atoms with E-state index in [1.165, 1.54) is 11.1 Å². The lowest BCUT2D eigenvalue weighted by Gasteiger charge is -2.15. The van der Waals surface area contributed by atoms with Crippen LogP contribution in [0.15, 0.2) is 18.2 Å². The molecule has 0 aliphatic rings. The summed E-state index contributed by atoms with van der Waals surface area (Å²) in [6.45, 7) is 9.36. The second-order valence-electron chi connectivity index (χ2n) is 3.78. The van der Waals surface area contributed by atoms with Gasteiger partial charge < -0.3 is 4.74 Å². The number of aryl methyl sites for hydroxylation is 1. The molecular formula is C13H20O. The average Bonchev–Trinajstić information content (AvgIpc) is 2.20. The highest BCUT2D eigenvalue weighted by Crippen LogP contribution is 2.29. The second kappa shape index (κ2) is 5.04. The Morgan fingerprint density at radius 2 is 2.00 bits per heavy atom. The van der Waals surface area contributed by atoms with Crippen LogP contribution in [-0.2, 0) is 0 Å². The summed E-state index contributed by atoms with van der Waals surface area (Å²) in [5.74, 6) is 1.63. The third kappa shape index (κ3) is 2.50. The van der Waals surface area contributed by atoms with Crippen LogP contribution in [0.2, 0.25) is 0 Å². The van der Waals surface area contributed by atoms with Gasteiger partial charge in [0, 0.05) is 0 Å². The van der Waals surface area contributed by atoms with Gasteiger partial charge in [0.05, 0.1) is 6.61 Å². The van der Waals surface area contributed by atoms with Crippen molar-refractivity contribution in [1.29, 1.82) is 0 Å². The van der Waals surface area contributed by atoms with Crippen LogP contribution in [0.3, 0.4) is 0 Å². The first-order valence-electron chi connectivity index (χ1n) is 5.42. The van der Waals surface area contributed by atoms with Gasteiger partial charge in [-0.05, 0) is 37.8 Å². The molecule has 0 aliphatic heterocycles. The van der Waals surface area contributed by atoms with Crippen LogP contribution in [0, 0.1) is 6.92 Å². The molecule has 0 aromatic heterocycles. The monoisotopic (exact) mass is 192 g/mol. The highest BCUT2D eigenvalue weighted by atomic mass is 16.5. The van der Waals surface area contributed by atoms with Gasteiger partial charge in [-0.1, -0.05) is 31.5 Å². The van der Waals surface area contributed by atoms with Gasteiger partial charge in [0.2, 0.25) is 0 Å². The van der Waals surface area contributed by atoms with E-state index in [1.54, 1.807) is 0 Å². The minimum atomic E-state index is 0.580. The highest BCUT2D eigenvalue weighted by Gasteiger charge is 2.09. The van der Waals surface area contributed by atoms with Gasteiger partial charge in [-0.25, -0.2) is 0 Å². The highest BCUT2D eigenvalue weighted by molar-refractivity contribution is 5.39. The molecule has 0 amide bonds. The van der Waals surface area contributed by atoms with Crippen LogP contribution in [0.5, 0.6) is 5.75 Å². The molecule has 0 heterocycles. The van der Waals surface area contributed by atoms with E-state index in [-0.39, 0.29) is 0 Å². The molecule has 1 rings (SSSR count). The maximum atomic E-state index is 5.61. The standard InChI is InChI=1S/C13H20O/c1-5-11(4)12-9-10(3)7-8-13(12)14-6-2/h7-9,11H,5-6H2,1-4H3. The van der Waals surface area contributed by atoms with Crippen molar-refractivity contribution in [2.75, 3.05) is 6.61 Å². The van der Waals surface area contributed by atoms with Gasteiger partial charge in [-0.15, -0.1) is 0 Å². The fourth-order valence-corrected chi connectivity index (χ4v) is 1.56. The van der Waals surface area contributed by atoms with Gasteiger partial charge in [0.1, 0.15) is 5.75 Å². The topological polar surface area (TPSA) is 9.23 Å². The lowest BCUT2D eigenvalue weighted by atomic mass is 9.96. The summed E-state index contributed by atoms with van der Waals surface area (Å²) in [6.07, 6.45) is 1.16. The van der Waals surface area contributed by atoms with Gasteiger partial charge in [0.25, 0.3) is 0 Å². The minimum absolute atomic E-state index is 0.580. The van der Waals surface area contributed by atoms with Crippen LogP contribution in [-0.4, -0.2) is 6.61 Å². The van der Waals surface area contributed by atoms with Gasteiger partial charge in [0.15, 0.2) is 0 Å². The Morgan fingerprint density at radius 1 is 1.29 bits per heavy atom. The first-order valence-corrected chi connectivity index (χ1v) is 5.42. The van der Waals surface area contributed by atoms with E-state index in [9.17, 15) is 0 Å². The molecule has 1 unspecified atom stereocenters. The van der Waals surface area contributed by atoms with Gasteiger partial charge >= 0.3 is 0 Å². The zero-order valence-electron chi connectivity index (χ0n) is 9.63. The van der Waals surface area contributed by atoms with Gasteiger partial charge in [-0.2, -0.15) is 0 Å². The first-order chi connectivity index (χ1) is 6.69. The summed E-state index contributed by atoms with van der Waals surface area (Å²) in [4.78, 5) is 0. The predicted octanol–water partition coefficient (Wildman–Crippen LogP) is 3.91. The minimum Gasteiger partial charge on any atom is -0.494 e. The largest absolute Gasteiger partial charge is 0.494 e. The molecule has 0 bridgehead atoms. The van der Waals surface area contributed by atoms with E-state index in [1.807, 2.05) is 6.92 Å². The molecule has 1 heteroatoms. The summed E-state index contributed by atoms with van der Waals surface area (Å²) in [7, 11) is 0. The van der Waals surface area contributed by atoms with Crippen molar-refractivity contribution in [3.63, 3.8) is 0 Å². The van der Waals surface area contributed by atoms with Crippen molar-refractivity contribution in [2.24, 2.45) is 0 Å². The lowest BCUT2D eigenvalue weighted by Crippen LogP contribution is -2.00. The number of rotatable bonds is 4. The van der Waals surface area contributed by atoms with Crippen molar-refractivity contribution >= 4 is 0 Å². The average molecular weight is 192 g/mol. The number of hydrogen-bond acceptors (Lipinski definition) is 1. The van der Waals surface area contributed by atoms with Crippen LogP contribution in [0.25, 0.3) is 0 Å². The molecule has 78 valence electrons. The molecular weight excluding hydrogens is 172 g/mol. The van der Waals surface area contributed by atoms with Crippen molar-refractivity contribution in [3.05, 3.63) is 29.3 Å². The quantitative estimate of drug-likeness (QED) is 0.703. The van der Waals surface area contributed by atoms with Crippen LogP contribution in [0.1, 0.15) is 44.2 Å². The molecule has 0 N–H and O–H groups in total. The van der Waals surface area contributed by atoms with E-state index in [0.29, 0.717) is 5.92 Å². The van der Waals surface area contributed by atoms with Crippen LogP contribution >= 0.6 is 0 Å². The Labute approximate surface area is 87.1 Å². The summed E-state index contributed by atoms with van der Waals surface area (Å²) in [5, 5.41) is 0. The molecule has 0 saturated carbocycles. The Kier molecular flexibility index (Phi) is 3.99. The molecule has 1 nitrogen and oxygen atoms in total. The number of ether oxygens (including phenoxy) is 1. The lowest BCUT2D eigenvalue weighted by molar-refractivity contribution is 0.334. The van der Waals surface area contributed by atoms with E-state index >= 15 is 0 Å². The molecule has 0 spiro atoms. The van der Waals surface area contributed by atoms with Crippen LogP contribution in [0.4, 0.5) is 0 Å². The molecule has 1 atom stereocenters. The van der Waals surface area contributed by atoms with E-state index in [0.717, 1.165) is 18.8 Å². The third-order valence-electron chi connectivity index (χ3n) is 2.61. The third-order valence-corrected chi connectivity index (χ3v) is 2.61. The van der Waals surface area contributed by atoms with Gasteiger partial charge in [-0.3, -0.25) is 0 Å². The van der Waals surface area contributed by atoms with Crippen LogP contribution < -0.4 is 4.74 Å². The molecule has 0 aliphatic carbocycles. The summed E-state index contributed by atoms with van der Waals surface area (Å²) < 4.78 is 5.61. The number of hydrogen-bond donors (Lipinski definition) is 0. The maximum Gasteiger partial charge on any atom is 0.122 e. The normalized spacial score (nSPS) is 12.6. The Hall–Kier alpha value is -0.980. The van der Waals surface area contributed by atoms with Crippen molar-refractivity contribution in [1.82, 2.24) is 0 Å². The molecule has 14 heavy (non-hydrogen) atoms. The Morgan fingerprint density at radius 3 is 2.57 bits per heavy atom. The predicted molar refractivity (Wildman–Crippen MR) is 61.1 cm³/mol. The molecule has 0 saturated heterocycles. The first kappa shape index (κ1) is 11.1. The molecule has 1 aromatic rings. The van der Waals surface area contributed by atoms with E-state index < -0.39 is 0 Å². The maximum absolute atomic E-state index is 5.61. The molecule has 1 aromatic carbocycles. The summed E-state index contributed by atoms with van der Waals surface area (Å²) in [5.41, 5.74) is 2.65. The van der Waals surface area contributed by atoms with Crippen molar-refractivity contribution < 1.29 is 4.74 Å². The smallest absolute Gasteiger partial charge is 0.122 e. The SMILES string of the molecule is CCOc1ccc(C)cc1C(C)CC. The fraction of sp³-hybridized carbons (Fsp3) is 0.538.